The van der Waals surface area contributed by atoms with Gasteiger partial charge in [0.15, 0.2) is 5.76 Å². The molecule has 0 saturated carbocycles. The molecule has 0 aliphatic heterocycles. The third-order valence-corrected chi connectivity index (χ3v) is 10.3. The van der Waals surface area contributed by atoms with Gasteiger partial charge in [-0.05, 0) is 59.2 Å². The third-order valence-electron chi connectivity index (χ3n) is 9.42. The number of ether oxygens (including phenoxy) is 1. The highest BCUT2D eigenvalue weighted by Crippen LogP contribution is 2.51. The maximum atomic E-state index is 14.4. The van der Waals surface area contributed by atoms with Crippen molar-refractivity contribution in [2.24, 2.45) is 0 Å². The molecule has 1 N–H and O–H groups in total. The van der Waals surface area contributed by atoms with Gasteiger partial charge in [-0.1, -0.05) is 146 Å². The van der Waals surface area contributed by atoms with Gasteiger partial charge in [-0.25, -0.2) is 4.98 Å². The van der Waals surface area contributed by atoms with Gasteiger partial charge in [0, 0.05) is 23.4 Å². The number of nitrogens with one attached hydrogen (secondary N) is 1. The Morgan fingerprint density at radius 3 is 2.00 bits per heavy atom. The Bertz CT molecular complexity index is 1900. The molecule has 6 heteroatoms. The molecule has 49 heavy (non-hydrogen) atoms. The molecule has 0 saturated heterocycles. The van der Waals surface area contributed by atoms with Crippen LogP contribution >= 0.6 is 11.8 Å². The third kappa shape index (κ3) is 6.79. The van der Waals surface area contributed by atoms with Crippen molar-refractivity contribution in [2.45, 2.75) is 42.7 Å². The van der Waals surface area contributed by atoms with E-state index in [1.807, 2.05) is 48.5 Å². The lowest BCUT2D eigenvalue weighted by Crippen LogP contribution is -2.45. The summed E-state index contributed by atoms with van der Waals surface area (Å²) in [7, 11) is 1.67. The van der Waals surface area contributed by atoms with Gasteiger partial charge in [0.1, 0.15) is 16.9 Å². The van der Waals surface area contributed by atoms with Gasteiger partial charge in [0.25, 0.3) is 5.22 Å². The summed E-state index contributed by atoms with van der Waals surface area (Å²) in [5.74, 6) is 2.60. The topological polar surface area (TPSA) is 64.4 Å². The Morgan fingerprint density at radius 2 is 1.35 bits per heavy atom. The number of amides is 1. The Balaban J connectivity index is 1.03. The quantitative estimate of drug-likeness (QED) is 0.0928. The summed E-state index contributed by atoms with van der Waals surface area (Å²) in [4.78, 5) is 19.3. The van der Waals surface area contributed by atoms with Crippen LogP contribution in [0, 0.1) is 0 Å². The molecule has 6 aromatic rings. The summed E-state index contributed by atoms with van der Waals surface area (Å²) in [5.41, 5.74) is 7.90. The second-order valence-corrected chi connectivity index (χ2v) is 13.4. The highest BCUT2D eigenvalue weighted by atomic mass is 32.2. The maximum Gasteiger partial charge on any atom is 0.256 e. The minimum atomic E-state index is -0.724. The van der Waals surface area contributed by atoms with Crippen LogP contribution in [0.5, 0.6) is 5.75 Å². The summed E-state index contributed by atoms with van der Waals surface area (Å²) < 4.78 is 11.6. The summed E-state index contributed by atoms with van der Waals surface area (Å²) >= 11 is 1.66. The lowest BCUT2D eigenvalue weighted by Gasteiger charge is -2.31. The van der Waals surface area contributed by atoms with Crippen molar-refractivity contribution >= 4 is 17.7 Å². The molecule has 0 atom stereocenters. The van der Waals surface area contributed by atoms with Crippen LogP contribution in [0.15, 0.2) is 143 Å². The number of carbonyl (C=O) groups is 1. The molecule has 1 amide bonds. The molecule has 1 aliphatic carbocycles. The number of nitrogens with zero attached hydrogens (tertiary/aromatic N) is 1. The average molecular weight is 665 g/mol. The van der Waals surface area contributed by atoms with Gasteiger partial charge in [0.2, 0.25) is 5.91 Å². The monoisotopic (exact) mass is 664 g/mol. The van der Waals surface area contributed by atoms with Crippen LogP contribution in [0.25, 0.3) is 33.7 Å². The number of hydrogen-bond donors (Lipinski definition) is 1. The van der Waals surface area contributed by atoms with Crippen LogP contribution in [0.1, 0.15) is 42.4 Å². The molecule has 0 spiro atoms. The molecule has 0 unspecified atom stereocenters. The number of rotatable bonds is 14. The summed E-state index contributed by atoms with van der Waals surface area (Å²) in [6.45, 7) is 0.569. The highest BCUT2D eigenvalue weighted by Gasteiger charge is 2.48. The van der Waals surface area contributed by atoms with Crippen molar-refractivity contribution in [2.75, 3.05) is 19.4 Å². The number of oxazole rings is 1. The van der Waals surface area contributed by atoms with Crippen molar-refractivity contribution < 1.29 is 13.9 Å². The highest BCUT2D eigenvalue weighted by molar-refractivity contribution is 7.99. The molecule has 0 bridgehead atoms. The lowest BCUT2D eigenvalue weighted by atomic mass is 9.73. The van der Waals surface area contributed by atoms with E-state index in [4.69, 9.17) is 14.1 Å². The predicted octanol–water partition coefficient (Wildman–Crippen LogP) is 10.00. The molecule has 0 radical (unpaired) electrons. The number of fused-ring (bicyclic) bond motifs is 3. The fraction of sp³-hybridized carbons (Fsp3) is 0.209. The summed E-state index contributed by atoms with van der Waals surface area (Å²) in [6, 6.07) is 45.3. The van der Waals surface area contributed by atoms with Crippen LogP contribution in [0.4, 0.5) is 0 Å². The zero-order valence-corrected chi connectivity index (χ0v) is 28.5. The van der Waals surface area contributed by atoms with Gasteiger partial charge in [0.05, 0.1) is 7.11 Å². The Morgan fingerprint density at radius 1 is 0.735 bits per heavy atom. The van der Waals surface area contributed by atoms with E-state index < -0.39 is 5.41 Å². The standard InChI is InChI=1S/C43H40N2O3S/c1-47-34-25-23-31(24-26-34)27-29-44-41(46)43(37-21-11-9-19-35(37)36-20-10-12-22-38(36)43)28-13-4-14-30-49-42-45-39(32-15-5-2-6-16-32)40(48-42)33-17-7-3-8-18-33/h2-3,5-12,15-26H,4,13-14,27-30H2,1H3,(H,44,46). The van der Waals surface area contributed by atoms with Crippen molar-refractivity contribution in [1.29, 1.82) is 0 Å². The van der Waals surface area contributed by atoms with E-state index in [1.165, 1.54) is 0 Å². The SMILES string of the molecule is COc1ccc(CCNC(=O)C2(CCCCCSc3nc(-c4ccccc4)c(-c4ccccc4)o3)c3ccccc3-c3ccccc32)cc1. The largest absolute Gasteiger partial charge is 0.497 e. The van der Waals surface area contributed by atoms with E-state index in [1.54, 1.807) is 18.9 Å². The van der Waals surface area contributed by atoms with Gasteiger partial charge >= 0.3 is 0 Å². The Labute approximate surface area is 292 Å². The molecule has 1 heterocycles. The maximum absolute atomic E-state index is 14.4. The first-order valence-corrected chi connectivity index (χ1v) is 18.0. The number of methoxy groups -OCH3 is 1. The predicted molar refractivity (Wildman–Crippen MR) is 199 cm³/mol. The Hall–Kier alpha value is -5.07. The first-order chi connectivity index (χ1) is 24.2. The molecule has 1 aliphatic rings. The van der Waals surface area contributed by atoms with Crippen LogP contribution in [0.2, 0.25) is 0 Å². The first kappa shape index (κ1) is 32.5. The number of aromatic nitrogens is 1. The number of hydrogen-bond acceptors (Lipinski definition) is 5. The first-order valence-electron chi connectivity index (χ1n) is 17.0. The summed E-state index contributed by atoms with van der Waals surface area (Å²) in [6.07, 6.45) is 4.41. The fourth-order valence-electron chi connectivity index (χ4n) is 6.98. The zero-order valence-electron chi connectivity index (χ0n) is 27.7. The number of carbonyl (C=O) groups excluding carboxylic acids is 1. The average Bonchev–Trinajstić information content (AvgIpc) is 3.72. The molecule has 0 fully saturated rings. The van der Waals surface area contributed by atoms with Crippen LogP contribution in [-0.2, 0) is 16.6 Å². The van der Waals surface area contributed by atoms with E-state index in [9.17, 15) is 4.79 Å². The fourth-order valence-corrected chi connectivity index (χ4v) is 7.81. The number of benzene rings is 5. The van der Waals surface area contributed by atoms with E-state index in [0.717, 1.165) is 94.0 Å². The normalized spacial score (nSPS) is 12.7. The van der Waals surface area contributed by atoms with Crippen molar-refractivity contribution in [3.63, 3.8) is 0 Å². The van der Waals surface area contributed by atoms with Crippen LogP contribution in [-0.4, -0.2) is 30.3 Å². The van der Waals surface area contributed by atoms with E-state index in [2.05, 4.69) is 90.2 Å². The molecule has 7 rings (SSSR count). The zero-order chi connectivity index (χ0) is 33.5. The molecule has 5 aromatic carbocycles. The summed E-state index contributed by atoms with van der Waals surface area (Å²) in [5, 5.41) is 4.02. The molecular formula is C43H40N2O3S. The van der Waals surface area contributed by atoms with Gasteiger partial charge in [-0.3, -0.25) is 4.79 Å². The number of thioether (sulfide) groups is 1. The van der Waals surface area contributed by atoms with E-state index in [-0.39, 0.29) is 5.91 Å². The van der Waals surface area contributed by atoms with Crippen molar-refractivity contribution in [3.05, 3.63) is 150 Å². The van der Waals surface area contributed by atoms with Gasteiger partial charge < -0.3 is 14.5 Å². The molecule has 246 valence electrons. The molecule has 5 nitrogen and oxygen atoms in total. The van der Waals surface area contributed by atoms with Crippen molar-refractivity contribution in [3.8, 4) is 39.5 Å². The molecular weight excluding hydrogens is 625 g/mol. The smallest absolute Gasteiger partial charge is 0.256 e. The second kappa shape index (κ2) is 15.0. The van der Waals surface area contributed by atoms with Gasteiger partial charge in [-0.2, -0.15) is 0 Å². The lowest BCUT2D eigenvalue weighted by molar-refractivity contribution is -0.125. The van der Waals surface area contributed by atoms with Crippen LogP contribution < -0.4 is 10.1 Å². The van der Waals surface area contributed by atoms with Crippen LogP contribution in [0.3, 0.4) is 0 Å². The minimum absolute atomic E-state index is 0.0782. The second-order valence-electron chi connectivity index (χ2n) is 12.4. The Kier molecular flexibility index (Phi) is 9.94. The van der Waals surface area contributed by atoms with E-state index in [0.29, 0.717) is 11.8 Å². The van der Waals surface area contributed by atoms with E-state index >= 15 is 0 Å². The number of unbranched alkanes of at least 4 members (excludes halogenated alkanes) is 2. The van der Waals surface area contributed by atoms with Gasteiger partial charge in [-0.15, -0.1) is 0 Å². The van der Waals surface area contributed by atoms with Crippen molar-refractivity contribution in [1.82, 2.24) is 10.3 Å². The minimum Gasteiger partial charge on any atom is -0.497 e. The molecule has 1 aromatic heterocycles.